The Bertz CT molecular complexity index is 291. The highest BCUT2D eigenvalue weighted by Gasteiger charge is 2.00. The Morgan fingerprint density at radius 3 is 2.86 bits per heavy atom. The Kier molecular flexibility index (Phi) is 4.40. The summed E-state index contributed by atoms with van der Waals surface area (Å²) < 4.78 is 7.01. The van der Waals surface area contributed by atoms with Crippen LogP contribution in [0.15, 0.2) is 18.5 Å². The largest absolute Gasteiger partial charge is 0.385 e. The van der Waals surface area contributed by atoms with Gasteiger partial charge in [-0.05, 0) is 25.8 Å². The normalized spacial score (nSPS) is 10.4. The van der Waals surface area contributed by atoms with Crippen molar-refractivity contribution in [2.75, 3.05) is 13.7 Å². The second-order valence-electron chi connectivity index (χ2n) is 3.39. The number of aryl methyl sites for hydroxylation is 1. The average molecular weight is 195 g/mol. The summed E-state index contributed by atoms with van der Waals surface area (Å²) in [5.41, 5.74) is 0.789. The van der Waals surface area contributed by atoms with Gasteiger partial charge in [-0.25, -0.2) is 0 Å². The first-order valence-corrected chi connectivity index (χ1v) is 4.89. The molecule has 0 aromatic carbocycles. The fraction of sp³-hybridized carbons (Fsp3) is 0.545. The quantitative estimate of drug-likeness (QED) is 0.514. The SMILES string of the molecule is COCCCCn1ccc(C(C)=O)c1. The average Bonchev–Trinajstić information content (AvgIpc) is 2.61. The lowest BCUT2D eigenvalue weighted by Gasteiger charge is -2.01. The van der Waals surface area contributed by atoms with E-state index < -0.39 is 0 Å². The van der Waals surface area contributed by atoms with E-state index in [-0.39, 0.29) is 5.78 Å². The van der Waals surface area contributed by atoms with Crippen LogP contribution in [0.2, 0.25) is 0 Å². The molecule has 1 rings (SSSR count). The highest BCUT2D eigenvalue weighted by Crippen LogP contribution is 2.04. The molecule has 0 bridgehead atoms. The number of ketones is 1. The zero-order chi connectivity index (χ0) is 10.4. The zero-order valence-electron chi connectivity index (χ0n) is 8.82. The minimum atomic E-state index is 0.126. The van der Waals surface area contributed by atoms with Crippen LogP contribution in [0.5, 0.6) is 0 Å². The fourth-order valence-electron chi connectivity index (χ4n) is 1.33. The zero-order valence-corrected chi connectivity index (χ0v) is 8.82. The van der Waals surface area contributed by atoms with Crippen LogP contribution < -0.4 is 0 Å². The summed E-state index contributed by atoms with van der Waals surface area (Å²) >= 11 is 0. The maximum atomic E-state index is 11.0. The lowest BCUT2D eigenvalue weighted by molar-refractivity contribution is 0.101. The Morgan fingerprint density at radius 2 is 2.29 bits per heavy atom. The second kappa shape index (κ2) is 5.60. The van der Waals surface area contributed by atoms with E-state index in [4.69, 9.17) is 4.74 Å². The van der Waals surface area contributed by atoms with Crippen molar-refractivity contribution in [2.45, 2.75) is 26.3 Å². The first-order valence-electron chi connectivity index (χ1n) is 4.89. The molecule has 14 heavy (non-hydrogen) atoms. The topological polar surface area (TPSA) is 31.2 Å². The van der Waals surface area contributed by atoms with Crippen LogP contribution in [0.1, 0.15) is 30.1 Å². The van der Waals surface area contributed by atoms with Gasteiger partial charge in [-0.1, -0.05) is 0 Å². The number of methoxy groups -OCH3 is 1. The lowest BCUT2D eigenvalue weighted by Crippen LogP contribution is -1.97. The molecule has 1 aromatic heterocycles. The highest BCUT2D eigenvalue weighted by molar-refractivity contribution is 5.93. The number of ether oxygens (including phenoxy) is 1. The molecule has 0 saturated heterocycles. The van der Waals surface area contributed by atoms with Gasteiger partial charge < -0.3 is 9.30 Å². The van der Waals surface area contributed by atoms with Gasteiger partial charge >= 0.3 is 0 Å². The number of hydrogen-bond donors (Lipinski definition) is 0. The molecule has 78 valence electrons. The molecule has 3 heteroatoms. The van der Waals surface area contributed by atoms with Gasteiger partial charge in [0.15, 0.2) is 5.78 Å². The van der Waals surface area contributed by atoms with Gasteiger partial charge in [0, 0.05) is 38.2 Å². The maximum absolute atomic E-state index is 11.0. The predicted octanol–water partition coefficient (Wildman–Crippen LogP) is 2.12. The van der Waals surface area contributed by atoms with Gasteiger partial charge in [0.05, 0.1) is 0 Å². The van der Waals surface area contributed by atoms with Gasteiger partial charge in [0.2, 0.25) is 0 Å². The number of hydrogen-bond acceptors (Lipinski definition) is 2. The molecule has 0 amide bonds. The van der Waals surface area contributed by atoms with Crippen molar-refractivity contribution in [2.24, 2.45) is 0 Å². The number of aromatic nitrogens is 1. The number of Topliss-reactive ketones (excluding diaryl/α,β-unsaturated/α-hetero) is 1. The molecule has 0 atom stereocenters. The molecule has 0 fully saturated rings. The van der Waals surface area contributed by atoms with Gasteiger partial charge in [-0.3, -0.25) is 4.79 Å². The summed E-state index contributed by atoms with van der Waals surface area (Å²) in [4.78, 5) is 11.0. The smallest absolute Gasteiger partial charge is 0.161 e. The fourth-order valence-corrected chi connectivity index (χ4v) is 1.33. The number of unbranched alkanes of at least 4 members (excludes halogenated alkanes) is 1. The molecule has 0 unspecified atom stereocenters. The van der Waals surface area contributed by atoms with E-state index in [1.54, 1.807) is 14.0 Å². The van der Waals surface area contributed by atoms with Gasteiger partial charge in [0.25, 0.3) is 0 Å². The van der Waals surface area contributed by atoms with Gasteiger partial charge in [0.1, 0.15) is 0 Å². The van der Waals surface area contributed by atoms with Crippen LogP contribution in [-0.2, 0) is 11.3 Å². The summed E-state index contributed by atoms with van der Waals surface area (Å²) in [6.07, 6.45) is 5.99. The molecular weight excluding hydrogens is 178 g/mol. The summed E-state index contributed by atoms with van der Waals surface area (Å²) in [5, 5.41) is 0. The van der Waals surface area contributed by atoms with Crippen molar-refractivity contribution >= 4 is 5.78 Å². The first-order chi connectivity index (χ1) is 6.74. The van der Waals surface area contributed by atoms with Crippen molar-refractivity contribution in [3.8, 4) is 0 Å². The van der Waals surface area contributed by atoms with E-state index >= 15 is 0 Å². The van der Waals surface area contributed by atoms with E-state index in [1.165, 1.54) is 0 Å². The first kappa shape index (κ1) is 11.0. The van der Waals surface area contributed by atoms with Gasteiger partial charge in [-0.2, -0.15) is 0 Å². The molecule has 1 aromatic rings. The summed E-state index contributed by atoms with van der Waals surface area (Å²) in [6, 6.07) is 1.86. The van der Waals surface area contributed by atoms with Gasteiger partial charge in [-0.15, -0.1) is 0 Å². The predicted molar refractivity (Wildman–Crippen MR) is 55.5 cm³/mol. The monoisotopic (exact) mass is 195 g/mol. The Hall–Kier alpha value is -1.09. The number of rotatable bonds is 6. The molecule has 0 spiro atoms. The molecule has 0 saturated carbocycles. The van der Waals surface area contributed by atoms with Crippen LogP contribution >= 0.6 is 0 Å². The van der Waals surface area contributed by atoms with Crippen LogP contribution in [0.4, 0.5) is 0 Å². The minimum absolute atomic E-state index is 0.126. The summed E-state index contributed by atoms with van der Waals surface area (Å²) in [6.45, 7) is 3.35. The molecule has 1 heterocycles. The molecular formula is C11H17NO2. The number of carbonyl (C=O) groups excluding carboxylic acids is 1. The van der Waals surface area contributed by atoms with E-state index in [9.17, 15) is 4.79 Å². The van der Waals surface area contributed by atoms with Crippen molar-refractivity contribution in [1.29, 1.82) is 0 Å². The van der Waals surface area contributed by atoms with Crippen molar-refractivity contribution in [3.05, 3.63) is 24.0 Å². The molecule has 3 nitrogen and oxygen atoms in total. The highest BCUT2D eigenvalue weighted by atomic mass is 16.5. The number of nitrogens with zero attached hydrogens (tertiary/aromatic N) is 1. The van der Waals surface area contributed by atoms with E-state index in [1.807, 2.05) is 23.0 Å². The van der Waals surface area contributed by atoms with Crippen LogP contribution in [0, 0.1) is 0 Å². The van der Waals surface area contributed by atoms with Crippen LogP contribution in [-0.4, -0.2) is 24.1 Å². The standard InChI is InChI=1S/C11H17NO2/c1-10(13)11-5-7-12(9-11)6-3-4-8-14-2/h5,7,9H,3-4,6,8H2,1-2H3. The van der Waals surface area contributed by atoms with E-state index in [0.29, 0.717) is 0 Å². The molecule has 0 aliphatic rings. The third-order valence-electron chi connectivity index (χ3n) is 2.17. The third-order valence-corrected chi connectivity index (χ3v) is 2.17. The molecule has 0 radical (unpaired) electrons. The Morgan fingerprint density at radius 1 is 1.50 bits per heavy atom. The maximum Gasteiger partial charge on any atom is 0.161 e. The van der Waals surface area contributed by atoms with Crippen molar-refractivity contribution in [3.63, 3.8) is 0 Å². The third kappa shape index (κ3) is 3.34. The molecule has 0 aliphatic carbocycles. The van der Waals surface area contributed by atoms with Crippen LogP contribution in [0.25, 0.3) is 0 Å². The molecule has 0 N–H and O–H groups in total. The minimum Gasteiger partial charge on any atom is -0.385 e. The Balaban J connectivity index is 2.33. The second-order valence-corrected chi connectivity index (χ2v) is 3.39. The van der Waals surface area contributed by atoms with Crippen LogP contribution in [0.3, 0.4) is 0 Å². The van der Waals surface area contributed by atoms with Crippen molar-refractivity contribution < 1.29 is 9.53 Å². The lowest BCUT2D eigenvalue weighted by atomic mass is 10.2. The van der Waals surface area contributed by atoms with E-state index in [0.717, 1.165) is 31.6 Å². The molecule has 0 aliphatic heterocycles. The van der Waals surface area contributed by atoms with Crippen molar-refractivity contribution in [1.82, 2.24) is 4.57 Å². The summed E-state index contributed by atoms with van der Waals surface area (Å²) in [5.74, 6) is 0.126. The number of carbonyl (C=O) groups is 1. The summed E-state index contributed by atoms with van der Waals surface area (Å²) in [7, 11) is 1.71. The Labute approximate surface area is 84.7 Å². The van der Waals surface area contributed by atoms with E-state index in [2.05, 4.69) is 0 Å².